The van der Waals surface area contributed by atoms with Gasteiger partial charge in [0.1, 0.15) is 0 Å². The molecule has 4 heteroatoms. The van der Waals surface area contributed by atoms with E-state index in [2.05, 4.69) is 5.32 Å². The van der Waals surface area contributed by atoms with Gasteiger partial charge in [-0.3, -0.25) is 0 Å². The normalized spacial score (nSPS) is 19.2. The van der Waals surface area contributed by atoms with Gasteiger partial charge in [-0.2, -0.15) is 0 Å². The van der Waals surface area contributed by atoms with Crippen LogP contribution in [0.25, 0.3) is 0 Å². The highest BCUT2D eigenvalue weighted by Gasteiger charge is 2.30. The number of carbonyl (C=O) groups is 1. The van der Waals surface area contributed by atoms with Gasteiger partial charge in [-0.25, -0.2) is 4.79 Å². The summed E-state index contributed by atoms with van der Waals surface area (Å²) in [6.07, 6.45) is 8.46. The van der Waals surface area contributed by atoms with Crippen molar-refractivity contribution in [3.05, 3.63) is 11.6 Å². The fraction of sp³-hybridized carbons (Fsp3) is 0.800. The van der Waals surface area contributed by atoms with Crippen LogP contribution < -0.4 is 5.32 Å². The highest BCUT2D eigenvalue weighted by Crippen LogP contribution is 2.35. The van der Waals surface area contributed by atoms with E-state index in [4.69, 9.17) is 4.74 Å². The van der Waals surface area contributed by atoms with Crippen molar-refractivity contribution in [1.29, 1.82) is 0 Å². The first-order valence-electron chi connectivity index (χ1n) is 7.26. The zero-order valence-electron chi connectivity index (χ0n) is 12.2. The van der Waals surface area contributed by atoms with Gasteiger partial charge >= 0.3 is 5.97 Å². The molecule has 0 aromatic heterocycles. The molecule has 0 aliphatic heterocycles. The number of carbonyl (C=O) groups excluding carboxylic acids is 1. The average Bonchev–Trinajstić information content (AvgIpc) is 2.47. The van der Waals surface area contributed by atoms with Crippen LogP contribution >= 0.6 is 0 Å². The summed E-state index contributed by atoms with van der Waals surface area (Å²) in [5.74, 6) is -0.251. The lowest BCUT2D eigenvalue weighted by atomic mass is 9.74. The molecule has 1 fully saturated rings. The Kier molecular flexibility index (Phi) is 7.10. The van der Waals surface area contributed by atoms with Gasteiger partial charge in [0.05, 0.1) is 7.11 Å². The second kappa shape index (κ2) is 8.33. The van der Waals surface area contributed by atoms with Crippen LogP contribution in [0.2, 0.25) is 0 Å². The third kappa shape index (κ3) is 4.96. The summed E-state index contributed by atoms with van der Waals surface area (Å²) in [6, 6.07) is 0. The molecular weight excluding hydrogens is 242 g/mol. The summed E-state index contributed by atoms with van der Waals surface area (Å²) >= 11 is 0. The van der Waals surface area contributed by atoms with Crippen LogP contribution in [0.1, 0.15) is 45.4 Å². The third-order valence-electron chi connectivity index (χ3n) is 4.07. The second-order valence-corrected chi connectivity index (χ2v) is 5.42. The molecule has 0 bridgehead atoms. The summed E-state index contributed by atoms with van der Waals surface area (Å²) in [5.41, 5.74) is 0.751. The highest BCUT2D eigenvalue weighted by atomic mass is 16.5. The van der Waals surface area contributed by atoms with Gasteiger partial charge in [-0.15, -0.1) is 0 Å². The predicted octanol–water partition coefficient (Wildman–Crippen LogP) is 2.03. The molecule has 0 aromatic rings. The number of methoxy groups -OCH3 is 1. The molecule has 110 valence electrons. The molecule has 0 radical (unpaired) electrons. The van der Waals surface area contributed by atoms with Crippen LogP contribution in [-0.4, -0.2) is 37.9 Å². The van der Waals surface area contributed by atoms with Crippen molar-refractivity contribution < 1.29 is 14.6 Å². The fourth-order valence-corrected chi connectivity index (χ4v) is 2.73. The van der Waals surface area contributed by atoms with E-state index in [9.17, 15) is 9.90 Å². The van der Waals surface area contributed by atoms with Crippen molar-refractivity contribution >= 4 is 5.97 Å². The van der Waals surface area contributed by atoms with E-state index in [1.165, 1.54) is 26.4 Å². The molecular formula is C15H27NO3. The van der Waals surface area contributed by atoms with Gasteiger partial charge in [0.25, 0.3) is 0 Å². The number of aliphatic hydroxyl groups is 1. The van der Waals surface area contributed by atoms with E-state index in [0.29, 0.717) is 18.5 Å². The van der Waals surface area contributed by atoms with Crippen molar-refractivity contribution in [3.8, 4) is 0 Å². The SMILES string of the molecule is CCC(=CCNCC1(CO)CCCCC1)C(=O)OC. The average molecular weight is 269 g/mol. The summed E-state index contributed by atoms with van der Waals surface area (Å²) in [6.45, 7) is 3.67. The first kappa shape index (κ1) is 16.2. The van der Waals surface area contributed by atoms with E-state index in [-0.39, 0.29) is 18.0 Å². The zero-order chi connectivity index (χ0) is 14.1. The van der Waals surface area contributed by atoms with Gasteiger partial charge in [-0.05, 0) is 19.3 Å². The minimum atomic E-state index is -0.251. The Morgan fingerprint density at radius 3 is 2.58 bits per heavy atom. The van der Waals surface area contributed by atoms with Crippen molar-refractivity contribution in [2.24, 2.45) is 5.41 Å². The van der Waals surface area contributed by atoms with Gasteiger partial charge in [0, 0.05) is 30.7 Å². The summed E-state index contributed by atoms with van der Waals surface area (Å²) < 4.78 is 4.72. The monoisotopic (exact) mass is 269 g/mol. The Morgan fingerprint density at radius 2 is 2.05 bits per heavy atom. The number of aliphatic hydroxyl groups excluding tert-OH is 1. The van der Waals surface area contributed by atoms with E-state index >= 15 is 0 Å². The Bertz CT molecular complexity index is 307. The number of hydrogen-bond acceptors (Lipinski definition) is 4. The van der Waals surface area contributed by atoms with Crippen LogP contribution in [0.3, 0.4) is 0 Å². The standard InChI is InChI=1S/C15H27NO3/c1-3-13(14(18)19-2)7-10-16-11-15(12-17)8-5-4-6-9-15/h7,16-17H,3-6,8-12H2,1-2H3. The molecule has 0 unspecified atom stereocenters. The van der Waals surface area contributed by atoms with Crippen molar-refractivity contribution in [3.63, 3.8) is 0 Å². The molecule has 1 saturated carbocycles. The molecule has 0 saturated heterocycles. The largest absolute Gasteiger partial charge is 0.466 e. The van der Waals surface area contributed by atoms with E-state index in [1.54, 1.807) is 0 Å². The Labute approximate surface area is 116 Å². The van der Waals surface area contributed by atoms with Crippen molar-refractivity contribution in [1.82, 2.24) is 5.32 Å². The molecule has 4 nitrogen and oxygen atoms in total. The maximum Gasteiger partial charge on any atom is 0.333 e. The summed E-state index contributed by atoms with van der Waals surface area (Å²) in [4.78, 5) is 11.4. The number of nitrogens with one attached hydrogen (secondary N) is 1. The van der Waals surface area contributed by atoms with Gasteiger partial charge < -0.3 is 15.2 Å². The first-order valence-corrected chi connectivity index (χ1v) is 7.26. The van der Waals surface area contributed by atoms with Crippen LogP contribution in [0.15, 0.2) is 11.6 Å². The number of esters is 1. The number of ether oxygens (including phenoxy) is 1. The zero-order valence-corrected chi connectivity index (χ0v) is 12.2. The summed E-state index contributed by atoms with van der Waals surface area (Å²) in [5, 5.41) is 12.9. The molecule has 19 heavy (non-hydrogen) atoms. The topological polar surface area (TPSA) is 58.6 Å². The molecule has 1 aliphatic rings. The molecule has 1 aliphatic carbocycles. The maximum atomic E-state index is 11.4. The van der Waals surface area contributed by atoms with Crippen LogP contribution in [-0.2, 0) is 9.53 Å². The minimum absolute atomic E-state index is 0.0454. The van der Waals surface area contributed by atoms with E-state index < -0.39 is 0 Å². The predicted molar refractivity (Wildman–Crippen MR) is 75.9 cm³/mol. The number of rotatable bonds is 7. The maximum absolute atomic E-state index is 11.4. The molecule has 0 spiro atoms. The highest BCUT2D eigenvalue weighted by molar-refractivity contribution is 5.88. The van der Waals surface area contributed by atoms with Crippen molar-refractivity contribution in [2.75, 3.05) is 26.8 Å². The Hall–Kier alpha value is -0.870. The van der Waals surface area contributed by atoms with Crippen molar-refractivity contribution in [2.45, 2.75) is 45.4 Å². The smallest absolute Gasteiger partial charge is 0.333 e. The van der Waals surface area contributed by atoms with Crippen LogP contribution in [0.5, 0.6) is 0 Å². The van der Waals surface area contributed by atoms with Gasteiger partial charge in [0.2, 0.25) is 0 Å². The molecule has 0 heterocycles. The van der Waals surface area contributed by atoms with E-state index in [1.807, 2.05) is 13.0 Å². The van der Waals surface area contributed by atoms with E-state index in [0.717, 1.165) is 19.4 Å². The number of hydrogen-bond donors (Lipinski definition) is 2. The Balaban J connectivity index is 2.39. The quantitative estimate of drug-likeness (QED) is 0.422. The van der Waals surface area contributed by atoms with Gasteiger partial charge in [-0.1, -0.05) is 32.3 Å². The second-order valence-electron chi connectivity index (χ2n) is 5.42. The molecule has 0 aromatic carbocycles. The molecule has 0 amide bonds. The minimum Gasteiger partial charge on any atom is -0.466 e. The Morgan fingerprint density at radius 1 is 1.37 bits per heavy atom. The van der Waals surface area contributed by atoms with Crippen LogP contribution in [0.4, 0.5) is 0 Å². The first-order chi connectivity index (χ1) is 9.17. The molecule has 1 rings (SSSR count). The lowest BCUT2D eigenvalue weighted by Gasteiger charge is -2.35. The molecule has 2 N–H and O–H groups in total. The lowest BCUT2D eigenvalue weighted by molar-refractivity contribution is -0.136. The molecule has 0 atom stereocenters. The fourth-order valence-electron chi connectivity index (χ4n) is 2.73. The third-order valence-corrected chi connectivity index (χ3v) is 4.07. The summed E-state index contributed by atoms with van der Waals surface area (Å²) in [7, 11) is 1.40. The van der Waals surface area contributed by atoms with Crippen LogP contribution in [0, 0.1) is 5.41 Å². The lowest BCUT2D eigenvalue weighted by Crippen LogP contribution is -2.39. The van der Waals surface area contributed by atoms with Gasteiger partial charge in [0.15, 0.2) is 0 Å².